The van der Waals surface area contributed by atoms with Crippen LogP contribution in [0.15, 0.2) is 42.5 Å². The van der Waals surface area contributed by atoms with E-state index in [1.54, 1.807) is 12.1 Å². The van der Waals surface area contributed by atoms with Crippen LogP contribution in [0.25, 0.3) is 0 Å². The second-order valence-corrected chi connectivity index (χ2v) is 6.67. The second-order valence-electron chi connectivity index (χ2n) is 5.50. The van der Waals surface area contributed by atoms with Crippen molar-refractivity contribution >= 4 is 40.1 Å². The van der Waals surface area contributed by atoms with Crippen molar-refractivity contribution in [3.8, 4) is 0 Å². The fourth-order valence-corrected chi connectivity index (χ4v) is 2.73. The predicted octanol–water partition coefficient (Wildman–Crippen LogP) is 5.88. The molecular formula is C18H18F3IN2O2. The van der Waals surface area contributed by atoms with Gasteiger partial charge in [0.15, 0.2) is 0 Å². The third-order valence-electron chi connectivity index (χ3n) is 3.42. The molecule has 26 heavy (non-hydrogen) atoms. The van der Waals surface area contributed by atoms with Gasteiger partial charge in [-0.1, -0.05) is 19.1 Å². The van der Waals surface area contributed by atoms with Crippen LogP contribution in [0.3, 0.4) is 0 Å². The molecule has 140 valence electrons. The highest BCUT2D eigenvalue weighted by Crippen LogP contribution is 2.29. The number of anilines is 2. The lowest BCUT2D eigenvalue weighted by atomic mass is 10.1. The number of hydrogen-bond donors (Lipinski definition) is 2. The number of carbonyl (C=O) groups is 1. The van der Waals surface area contributed by atoms with Gasteiger partial charge in [0.25, 0.3) is 0 Å². The maximum Gasteiger partial charge on any atom is 0.416 e. The van der Waals surface area contributed by atoms with Crippen molar-refractivity contribution in [3.05, 3.63) is 57.2 Å². The van der Waals surface area contributed by atoms with Gasteiger partial charge >= 0.3 is 12.3 Å². The molecule has 8 heteroatoms. The minimum absolute atomic E-state index is 0.356. The molecule has 0 fully saturated rings. The Hall–Kier alpha value is -1.97. The van der Waals surface area contributed by atoms with E-state index in [-0.39, 0.29) is 0 Å². The average molecular weight is 478 g/mol. The van der Waals surface area contributed by atoms with E-state index in [4.69, 9.17) is 4.74 Å². The molecule has 2 aromatic carbocycles. The number of carbonyl (C=O) groups excluding carboxylic acids is 1. The maximum absolute atomic E-state index is 12.6. The number of amides is 1. The van der Waals surface area contributed by atoms with Crippen molar-refractivity contribution in [2.24, 2.45) is 0 Å². The number of rotatable bonds is 6. The molecular weight excluding hydrogens is 460 g/mol. The van der Waals surface area contributed by atoms with Crippen molar-refractivity contribution in [1.82, 2.24) is 0 Å². The molecule has 0 aliphatic rings. The monoisotopic (exact) mass is 478 g/mol. The summed E-state index contributed by atoms with van der Waals surface area (Å²) in [6.45, 7) is 2.66. The third-order valence-corrected chi connectivity index (χ3v) is 4.31. The molecule has 0 saturated carbocycles. The summed E-state index contributed by atoms with van der Waals surface area (Å²) in [4.78, 5) is 11.6. The van der Waals surface area contributed by atoms with E-state index in [0.717, 1.165) is 33.4 Å². The van der Waals surface area contributed by atoms with Crippen LogP contribution in [0.2, 0.25) is 0 Å². The molecule has 2 aromatic rings. The van der Waals surface area contributed by atoms with Crippen molar-refractivity contribution in [1.29, 1.82) is 0 Å². The average Bonchev–Trinajstić information content (AvgIpc) is 2.60. The molecule has 2 rings (SSSR count). The van der Waals surface area contributed by atoms with Crippen molar-refractivity contribution < 1.29 is 22.7 Å². The highest BCUT2D eigenvalue weighted by atomic mass is 127. The Balaban J connectivity index is 1.94. The Morgan fingerprint density at radius 2 is 1.85 bits per heavy atom. The van der Waals surface area contributed by atoms with Gasteiger partial charge in [0.1, 0.15) is 0 Å². The summed E-state index contributed by atoms with van der Waals surface area (Å²) < 4.78 is 43.5. The van der Waals surface area contributed by atoms with Crippen LogP contribution < -0.4 is 10.6 Å². The summed E-state index contributed by atoms with van der Waals surface area (Å²) >= 11 is 2.09. The van der Waals surface area contributed by atoms with E-state index in [0.29, 0.717) is 18.8 Å². The highest BCUT2D eigenvalue weighted by Gasteiger charge is 2.29. The molecule has 0 saturated heterocycles. The first-order chi connectivity index (χ1) is 12.3. The molecule has 1 amide bonds. The predicted molar refractivity (Wildman–Crippen MR) is 103 cm³/mol. The number of halogens is 4. The topological polar surface area (TPSA) is 50.4 Å². The van der Waals surface area contributed by atoms with Crippen molar-refractivity contribution in [2.75, 3.05) is 17.2 Å². The molecule has 0 aliphatic carbocycles. The molecule has 0 bridgehead atoms. The molecule has 4 nitrogen and oxygen atoms in total. The van der Waals surface area contributed by atoms with E-state index in [9.17, 15) is 18.0 Å². The summed E-state index contributed by atoms with van der Waals surface area (Å²) in [7, 11) is 0. The zero-order chi connectivity index (χ0) is 19.2. The molecule has 0 aliphatic heterocycles. The van der Waals surface area contributed by atoms with E-state index >= 15 is 0 Å². The summed E-state index contributed by atoms with van der Waals surface area (Å²) in [5.74, 6) is 0. The Bertz CT molecular complexity index is 749. The van der Waals surface area contributed by atoms with Gasteiger partial charge in [-0.15, -0.1) is 0 Å². The van der Waals surface area contributed by atoms with Gasteiger partial charge in [-0.3, -0.25) is 5.32 Å². The number of benzene rings is 2. The van der Waals surface area contributed by atoms with E-state index in [1.165, 1.54) is 12.1 Å². The molecule has 0 spiro atoms. The maximum atomic E-state index is 12.6. The number of nitrogens with one attached hydrogen (secondary N) is 2. The fraction of sp³-hybridized carbons (Fsp3) is 0.278. The van der Waals surface area contributed by atoms with Crippen molar-refractivity contribution in [3.63, 3.8) is 0 Å². The molecule has 2 N–H and O–H groups in total. The van der Waals surface area contributed by atoms with Gasteiger partial charge < -0.3 is 10.1 Å². The summed E-state index contributed by atoms with van der Waals surface area (Å²) in [6, 6.07) is 10.4. The largest absolute Gasteiger partial charge is 0.449 e. The number of hydrogen-bond acceptors (Lipinski definition) is 3. The van der Waals surface area contributed by atoms with Crippen LogP contribution in [0, 0.1) is 3.57 Å². The number of ether oxygens (including phenoxy) is 1. The molecule has 0 aromatic heterocycles. The molecule has 0 unspecified atom stereocenters. The smallest absolute Gasteiger partial charge is 0.416 e. The van der Waals surface area contributed by atoms with Gasteiger partial charge in [0, 0.05) is 15.8 Å². The first kappa shape index (κ1) is 20.3. The lowest BCUT2D eigenvalue weighted by Gasteiger charge is -2.12. The summed E-state index contributed by atoms with van der Waals surface area (Å²) in [5, 5.41) is 5.81. The molecule has 0 radical (unpaired) electrons. The highest BCUT2D eigenvalue weighted by molar-refractivity contribution is 14.1. The van der Waals surface area contributed by atoms with Gasteiger partial charge in [0.05, 0.1) is 17.9 Å². The second kappa shape index (κ2) is 9.11. The van der Waals surface area contributed by atoms with Crippen molar-refractivity contribution in [2.45, 2.75) is 26.1 Å². The Morgan fingerprint density at radius 1 is 1.15 bits per heavy atom. The quantitative estimate of drug-likeness (QED) is 0.510. The first-order valence-corrected chi connectivity index (χ1v) is 9.01. The summed E-state index contributed by atoms with van der Waals surface area (Å²) in [5.41, 5.74) is 1.49. The van der Waals surface area contributed by atoms with Crippen LogP contribution >= 0.6 is 22.6 Å². The summed E-state index contributed by atoms with van der Waals surface area (Å²) in [6.07, 6.45) is -4.09. The van der Waals surface area contributed by atoms with Crippen LogP contribution in [0.1, 0.15) is 24.5 Å². The van der Waals surface area contributed by atoms with E-state index in [2.05, 4.69) is 33.2 Å². The molecule has 0 atom stereocenters. The first-order valence-electron chi connectivity index (χ1n) is 7.93. The van der Waals surface area contributed by atoms with Crippen LogP contribution in [-0.2, 0) is 17.5 Å². The SMILES string of the molecule is CCCOC(=O)Nc1ccc(NCc2ccc(C(F)(F)F)cc2)cc1I. The van der Waals surface area contributed by atoms with E-state index < -0.39 is 17.8 Å². The Labute approximate surface area is 163 Å². The fourth-order valence-electron chi connectivity index (χ4n) is 2.08. The van der Waals surface area contributed by atoms with Gasteiger partial charge in [-0.2, -0.15) is 13.2 Å². The zero-order valence-corrected chi connectivity index (χ0v) is 16.1. The lowest BCUT2D eigenvalue weighted by Crippen LogP contribution is -2.15. The zero-order valence-electron chi connectivity index (χ0n) is 14.0. The standard InChI is InChI=1S/C18H18F3IN2O2/c1-2-9-26-17(25)24-16-8-7-14(10-15(16)22)23-11-12-3-5-13(6-4-12)18(19,20)21/h3-8,10,23H,2,9,11H2,1H3,(H,24,25). The minimum atomic E-state index is -4.33. The van der Waals surface area contributed by atoms with Crippen LogP contribution in [-0.4, -0.2) is 12.7 Å². The van der Waals surface area contributed by atoms with Gasteiger partial charge in [0.2, 0.25) is 0 Å². The Kier molecular flexibility index (Phi) is 7.13. The molecule has 0 heterocycles. The normalized spacial score (nSPS) is 11.1. The lowest BCUT2D eigenvalue weighted by molar-refractivity contribution is -0.137. The third kappa shape index (κ3) is 6.08. The van der Waals surface area contributed by atoms with Crippen LogP contribution in [0.5, 0.6) is 0 Å². The minimum Gasteiger partial charge on any atom is -0.449 e. The Morgan fingerprint density at radius 3 is 2.42 bits per heavy atom. The van der Waals surface area contributed by atoms with Crippen LogP contribution in [0.4, 0.5) is 29.3 Å². The van der Waals surface area contributed by atoms with Gasteiger partial charge in [-0.05, 0) is 64.9 Å². The number of alkyl halides is 3. The van der Waals surface area contributed by atoms with Gasteiger partial charge in [-0.25, -0.2) is 4.79 Å². The van der Waals surface area contributed by atoms with E-state index in [1.807, 2.05) is 13.0 Å².